The number of aromatic nitrogens is 2. The van der Waals surface area contributed by atoms with Crippen LogP contribution in [-0.4, -0.2) is 22.7 Å². The van der Waals surface area contributed by atoms with E-state index < -0.39 is 17.1 Å². The lowest BCUT2D eigenvalue weighted by Gasteiger charge is -2.11. The number of benzene rings is 1. The Bertz CT molecular complexity index is 665. The Morgan fingerprint density at radius 1 is 1.27 bits per heavy atom. The maximum absolute atomic E-state index is 12.4. The summed E-state index contributed by atoms with van der Waals surface area (Å²) >= 11 is 0.261. The van der Waals surface area contributed by atoms with Gasteiger partial charge in [-0.15, -0.1) is 10.2 Å². The first-order valence-corrected chi connectivity index (χ1v) is 6.98. The molecule has 1 aromatic heterocycles. The maximum atomic E-state index is 12.4. The highest BCUT2D eigenvalue weighted by Gasteiger charge is 2.35. The third-order valence-corrected chi connectivity index (χ3v) is 3.55. The number of alkyl halides is 3. The Labute approximate surface area is 128 Å². The van der Waals surface area contributed by atoms with Crippen LogP contribution in [0.5, 0.6) is 5.75 Å². The molecule has 0 aliphatic carbocycles. The van der Waals surface area contributed by atoms with Gasteiger partial charge in [0.15, 0.2) is 6.61 Å². The first-order valence-electron chi connectivity index (χ1n) is 6.17. The SMILES string of the molecule is Cc1cccc(C)c1OCC(=O)Nc1nnc(C(F)(F)F)s1. The quantitative estimate of drug-likeness (QED) is 0.934. The lowest BCUT2D eigenvalue weighted by Crippen LogP contribution is -2.20. The number of hydrogen-bond donors (Lipinski definition) is 1. The van der Waals surface area contributed by atoms with Gasteiger partial charge < -0.3 is 4.74 Å². The zero-order valence-corrected chi connectivity index (χ0v) is 12.5. The number of anilines is 1. The predicted octanol–water partition coefficient (Wildman–Crippen LogP) is 3.19. The summed E-state index contributed by atoms with van der Waals surface area (Å²) < 4.78 is 42.5. The minimum Gasteiger partial charge on any atom is -0.483 e. The second kappa shape index (κ2) is 6.30. The van der Waals surface area contributed by atoms with Gasteiger partial charge in [-0.2, -0.15) is 13.2 Å². The molecule has 118 valence electrons. The molecule has 22 heavy (non-hydrogen) atoms. The van der Waals surface area contributed by atoms with Crippen molar-refractivity contribution in [1.82, 2.24) is 10.2 Å². The molecule has 0 unspecified atom stereocenters. The van der Waals surface area contributed by atoms with Crippen LogP contribution in [0.15, 0.2) is 18.2 Å². The van der Waals surface area contributed by atoms with Crippen molar-refractivity contribution < 1.29 is 22.7 Å². The van der Waals surface area contributed by atoms with Crippen molar-refractivity contribution in [3.63, 3.8) is 0 Å². The molecule has 9 heteroatoms. The summed E-state index contributed by atoms with van der Waals surface area (Å²) in [5, 5.41) is 7.14. The van der Waals surface area contributed by atoms with Gasteiger partial charge in [-0.3, -0.25) is 10.1 Å². The van der Waals surface area contributed by atoms with Crippen molar-refractivity contribution in [1.29, 1.82) is 0 Å². The van der Waals surface area contributed by atoms with Crippen LogP contribution in [0.1, 0.15) is 16.1 Å². The number of halogens is 3. The molecule has 5 nitrogen and oxygen atoms in total. The number of ether oxygens (including phenoxy) is 1. The fraction of sp³-hybridized carbons (Fsp3) is 0.308. The number of para-hydroxylation sites is 1. The largest absolute Gasteiger partial charge is 0.483 e. The number of hydrogen-bond acceptors (Lipinski definition) is 5. The van der Waals surface area contributed by atoms with E-state index in [0.29, 0.717) is 5.75 Å². The molecule has 1 N–H and O–H groups in total. The number of carbonyl (C=O) groups excluding carboxylic acids is 1. The Kier molecular flexibility index (Phi) is 4.65. The Balaban J connectivity index is 1.95. The number of carbonyl (C=O) groups is 1. The fourth-order valence-electron chi connectivity index (χ4n) is 1.71. The van der Waals surface area contributed by atoms with Gasteiger partial charge in [0.05, 0.1) is 0 Å². The highest BCUT2D eigenvalue weighted by atomic mass is 32.1. The highest BCUT2D eigenvalue weighted by molar-refractivity contribution is 7.15. The van der Waals surface area contributed by atoms with Gasteiger partial charge in [-0.05, 0) is 25.0 Å². The van der Waals surface area contributed by atoms with Crippen LogP contribution < -0.4 is 10.1 Å². The lowest BCUT2D eigenvalue weighted by molar-refractivity contribution is -0.138. The Hall–Kier alpha value is -2.16. The average molecular weight is 331 g/mol. The summed E-state index contributed by atoms with van der Waals surface area (Å²) in [4.78, 5) is 11.7. The molecule has 0 atom stereocenters. The molecule has 0 spiro atoms. The zero-order valence-electron chi connectivity index (χ0n) is 11.7. The van der Waals surface area contributed by atoms with Crippen LogP contribution in [0.25, 0.3) is 0 Å². The molecule has 0 aliphatic heterocycles. The van der Waals surface area contributed by atoms with Gasteiger partial charge in [0.2, 0.25) is 10.1 Å². The number of aryl methyl sites for hydroxylation is 2. The molecule has 0 aliphatic rings. The zero-order chi connectivity index (χ0) is 16.3. The van der Waals surface area contributed by atoms with Crippen LogP contribution in [0.2, 0.25) is 0 Å². The van der Waals surface area contributed by atoms with Crippen LogP contribution in [0, 0.1) is 13.8 Å². The first kappa shape index (κ1) is 16.2. The van der Waals surface area contributed by atoms with E-state index >= 15 is 0 Å². The minimum absolute atomic E-state index is 0.220. The van der Waals surface area contributed by atoms with Crippen LogP contribution in [-0.2, 0) is 11.0 Å². The van der Waals surface area contributed by atoms with Gasteiger partial charge in [0.25, 0.3) is 5.91 Å². The smallest absolute Gasteiger partial charge is 0.445 e. The molecule has 0 fully saturated rings. The first-order chi connectivity index (χ1) is 10.3. The lowest BCUT2D eigenvalue weighted by atomic mass is 10.1. The van der Waals surface area contributed by atoms with E-state index in [0.717, 1.165) is 11.1 Å². The molecule has 0 saturated heterocycles. The predicted molar refractivity (Wildman–Crippen MR) is 75.0 cm³/mol. The van der Waals surface area contributed by atoms with Crippen molar-refractivity contribution in [2.75, 3.05) is 11.9 Å². The van der Waals surface area contributed by atoms with Crippen LogP contribution in [0.4, 0.5) is 18.3 Å². The van der Waals surface area contributed by atoms with Crippen molar-refractivity contribution in [2.45, 2.75) is 20.0 Å². The molecular weight excluding hydrogens is 319 g/mol. The summed E-state index contributed by atoms with van der Waals surface area (Å²) in [6.45, 7) is 3.34. The molecule has 1 aromatic carbocycles. The molecule has 0 radical (unpaired) electrons. The van der Waals surface area contributed by atoms with Gasteiger partial charge in [0, 0.05) is 0 Å². The summed E-state index contributed by atoms with van der Waals surface area (Å²) in [5.74, 6) is -0.0292. The van der Waals surface area contributed by atoms with Crippen LogP contribution in [0.3, 0.4) is 0 Å². The number of nitrogens with one attached hydrogen (secondary N) is 1. The minimum atomic E-state index is -4.57. The average Bonchev–Trinajstić information content (AvgIpc) is 2.86. The topological polar surface area (TPSA) is 64.1 Å². The van der Waals surface area contributed by atoms with Gasteiger partial charge in [-0.25, -0.2) is 0 Å². The molecule has 2 aromatic rings. The van der Waals surface area contributed by atoms with Gasteiger partial charge in [0.1, 0.15) is 5.75 Å². The monoisotopic (exact) mass is 331 g/mol. The Morgan fingerprint density at radius 3 is 2.45 bits per heavy atom. The molecule has 0 saturated carbocycles. The second-order valence-corrected chi connectivity index (χ2v) is 5.45. The van der Waals surface area contributed by atoms with Gasteiger partial charge in [-0.1, -0.05) is 29.5 Å². The van der Waals surface area contributed by atoms with E-state index in [9.17, 15) is 18.0 Å². The molecule has 0 bridgehead atoms. The molecule has 1 amide bonds. The highest BCUT2D eigenvalue weighted by Crippen LogP contribution is 2.33. The number of amides is 1. The van der Waals surface area contributed by atoms with Crippen molar-refractivity contribution >= 4 is 22.4 Å². The van der Waals surface area contributed by atoms with Crippen LogP contribution >= 0.6 is 11.3 Å². The summed E-state index contributed by atoms with van der Waals surface area (Å²) in [5.41, 5.74) is 1.73. The van der Waals surface area contributed by atoms with E-state index in [2.05, 4.69) is 15.5 Å². The fourth-order valence-corrected chi connectivity index (χ4v) is 2.34. The molecular formula is C13H12F3N3O2S. The third-order valence-electron chi connectivity index (χ3n) is 2.67. The normalized spacial score (nSPS) is 11.3. The number of nitrogens with zero attached hydrogens (tertiary/aromatic N) is 2. The molecule has 1 heterocycles. The van der Waals surface area contributed by atoms with E-state index in [1.807, 2.05) is 32.0 Å². The molecule has 2 rings (SSSR count). The van der Waals surface area contributed by atoms with E-state index in [-0.39, 0.29) is 23.1 Å². The second-order valence-electron chi connectivity index (χ2n) is 4.47. The number of rotatable bonds is 4. The Morgan fingerprint density at radius 2 is 1.91 bits per heavy atom. The standard InChI is InChI=1S/C13H12F3N3O2S/c1-7-4-3-5-8(2)10(7)21-6-9(20)17-12-19-18-11(22-12)13(14,15)16/h3-5H,6H2,1-2H3,(H,17,19,20). The summed E-state index contributed by atoms with van der Waals surface area (Å²) in [6.07, 6.45) is -4.57. The van der Waals surface area contributed by atoms with Gasteiger partial charge >= 0.3 is 6.18 Å². The van der Waals surface area contributed by atoms with Crippen molar-refractivity contribution in [2.24, 2.45) is 0 Å². The van der Waals surface area contributed by atoms with Crippen molar-refractivity contribution in [3.05, 3.63) is 34.3 Å². The summed E-state index contributed by atoms with van der Waals surface area (Å²) in [6, 6.07) is 5.53. The third kappa shape index (κ3) is 3.94. The maximum Gasteiger partial charge on any atom is 0.445 e. The van der Waals surface area contributed by atoms with E-state index in [1.54, 1.807) is 0 Å². The summed E-state index contributed by atoms with van der Waals surface area (Å²) in [7, 11) is 0. The van der Waals surface area contributed by atoms with E-state index in [1.165, 1.54) is 0 Å². The van der Waals surface area contributed by atoms with E-state index in [4.69, 9.17) is 4.74 Å². The van der Waals surface area contributed by atoms with Crippen molar-refractivity contribution in [3.8, 4) is 5.75 Å².